The van der Waals surface area contributed by atoms with Crippen LogP contribution in [0.15, 0.2) is 64.5 Å². The predicted molar refractivity (Wildman–Crippen MR) is 163 cm³/mol. The van der Waals surface area contributed by atoms with E-state index in [9.17, 15) is 9.59 Å². The Morgan fingerprint density at radius 2 is 1.79 bits per heavy atom. The van der Waals surface area contributed by atoms with Crippen molar-refractivity contribution < 1.29 is 14.3 Å². The van der Waals surface area contributed by atoms with Crippen molar-refractivity contribution in [2.75, 3.05) is 32.9 Å². The van der Waals surface area contributed by atoms with E-state index in [-0.39, 0.29) is 24.0 Å². The monoisotopic (exact) mass is 567 g/mol. The Bertz CT molecular complexity index is 1660. The average molecular weight is 568 g/mol. The number of hydrogen-bond acceptors (Lipinski definition) is 6. The van der Waals surface area contributed by atoms with Crippen LogP contribution in [0.5, 0.6) is 5.75 Å². The summed E-state index contributed by atoms with van der Waals surface area (Å²) in [6.07, 6.45) is 7.34. The normalized spacial score (nSPS) is 16.4. The van der Waals surface area contributed by atoms with E-state index in [1.165, 1.54) is 11.1 Å². The van der Waals surface area contributed by atoms with Crippen molar-refractivity contribution in [1.82, 2.24) is 19.1 Å². The summed E-state index contributed by atoms with van der Waals surface area (Å²) >= 11 is 0. The number of benzene rings is 2. The van der Waals surface area contributed by atoms with Crippen LogP contribution in [0, 0.1) is 13.8 Å². The van der Waals surface area contributed by atoms with Crippen LogP contribution in [0.4, 0.5) is 0 Å². The lowest BCUT2D eigenvalue weighted by atomic mass is 9.88. The number of rotatable bonds is 7. The van der Waals surface area contributed by atoms with Crippen LogP contribution < -0.4 is 10.3 Å². The third-order valence-electron chi connectivity index (χ3n) is 8.35. The van der Waals surface area contributed by atoms with Crippen molar-refractivity contribution in [2.45, 2.75) is 51.9 Å². The van der Waals surface area contributed by atoms with Crippen LogP contribution in [0.1, 0.15) is 60.8 Å². The lowest BCUT2D eigenvalue weighted by Crippen LogP contribution is -2.42. The van der Waals surface area contributed by atoms with Gasteiger partial charge in [-0.15, -0.1) is 0 Å². The van der Waals surface area contributed by atoms with Gasteiger partial charge in [0.15, 0.2) is 6.61 Å². The minimum absolute atomic E-state index is 0.00732. The van der Waals surface area contributed by atoms with E-state index in [1.807, 2.05) is 62.4 Å². The highest BCUT2D eigenvalue weighted by atomic mass is 16.5. The lowest BCUT2D eigenvalue weighted by molar-refractivity contribution is -0.137. The first-order chi connectivity index (χ1) is 20.5. The Balaban J connectivity index is 1.24. The van der Waals surface area contributed by atoms with Crippen LogP contribution in [0.3, 0.4) is 0 Å². The molecule has 0 unspecified atom stereocenters. The Morgan fingerprint density at radius 3 is 2.55 bits per heavy atom. The molecule has 0 N–H and O–H groups in total. The molecule has 2 aromatic heterocycles. The molecular weight excluding hydrogens is 530 g/mol. The molecule has 4 aromatic rings. The summed E-state index contributed by atoms with van der Waals surface area (Å²) < 4.78 is 14.8. The van der Waals surface area contributed by atoms with Gasteiger partial charge in [-0.25, -0.2) is 4.98 Å². The minimum Gasteiger partial charge on any atom is -0.484 e. The Labute approximate surface area is 245 Å². The van der Waals surface area contributed by atoms with Gasteiger partial charge in [0.2, 0.25) is 0 Å². The molecule has 3 heterocycles. The van der Waals surface area contributed by atoms with Crippen LogP contribution in [0.2, 0.25) is 0 Å². The summed E-state index contributed by atoms with van der Waals surface area (Å²) in [5.74, 6) is 1.59. The summed E-state index contributed by atoms with van der Waals surface area (Å²) in [5.41, 5.74) is 4.55. The van der Waals surface area contributed by atoms with Crippen molar-refractivity contribution in [3.05, 3.63) is 87.7 Å². The summed E-state index contributed by atoms with van der Waals surface area (Å²) in [4.78, 5) is 32.7. The van der Waals surface area contributed by atoms with Crippen molar-refractivity contribution in [3.8, 4) is 11.4 Å². The Morgan fingerprint density at radius 1 is 1.05 bits per heavy atom. The molecule has 9 heteroatoms. The molecule has 1 aliphatic heterocycles. The SMILES string of the molecule is Cc1cc(C=Nn2c(C3CCCCC3)nc3ccccc3c2=O)c(C)n1-c1ccc(OCC(=O)N2CCOCC2)cc1. The molecule has 218 valence electrons. The molecule has 0 atom stereocenters. The van der Waals surface area contributed by atoms with Gasteiger partial charge in [0.1, 0.15) is 11.6 Å². The molecule has 9 nitrogen and oxygen atoms in total. The van der Waals surface area contributed by atoms with E-state index in [4.69, 9.17) is 19.6 Å². The number of nitrogens with zero attached hydrogens (tertiary/aromatic N) is 5. The van der Waals surface area contributed by atoms with Crippen LogP contribution in [-0.4, -0.2) is 64.2 Å². The number of morpholine rings is 1. The summed E-state index contributed by atoms with van der Waals surface area (Å²) in [6, 6.07) is 17.3. The number of aromatic nitrogens is 3. The minimum atomic E-state index is -0.131. The maximum Gasteiger partial charge on any atom is 0.282 e. The molecule has 1 saturated carbocycles. The van der Waals surface area contributed by atoms with E-state index in [1.54, 1.807) is 11.1 Å². The zero-order chi connectivity index (χ0) is 29.1. The first-order valence-corrected chi connectivity index (χ1v) is 14.8. The van der Waals surface area contributed by atoms with Gasteiger partial charge in [-0.3, -0.25) is 9.59 Å². The number of amides is 1. The smallest absolute Gasteiger partial charge is 0.282 e. The highest BCUT2D eigenvalue weighted by Gasteiger charge is 2.23. The molecule has 2 aliphatic rings. The highest BCUT2D eigenvalue weighted by molar-refractivity contribution is 5.83. The van der Waals surface area contributed by atoms with Gasteiger partial charge in [0, 0.05) is 41.6 Å². The topological polar surface area (TPSA) is 90.9 Å². The molecule has 42 heavy (non-hydrogen) atoms. The van der Waals surface area contributed by atoms with E-state index in [2.05, 4.69) is 10.6 Å². The van der Waals surface area contributed by atoms with Crippen LogP contribution in [0.25, 0.3) is 16.6 Å². The van der Waals surface area contributed by atoms with Gasteiger partial charge in [-0.1, -0.05) is 31.4 Å². The summed E-state index contributed by atoms with van der Waals surface area (Å²) in [6.45, 7) is 6.45. The molecule has 1 aliphatic carbocycles. The average Bonchev–Trinajstić information content (AvgIpc) is 3.32. The fourth-order valence-corrected chi connectivity index (χ4v) is 6.05. The van der Waals surface area contributed by atoms with Crippen molar-refractivity contribution >= 4 is 23.0 Å². The Hall–Kier alpha value is -4.24. The number of ether oxygens (including phenoxy) is 2. The quantitative estimate of drug-likeness (QED) is 0.294. The third kappa shape index (κ3) is 5.74. The molecule has 2 fully saturated rings. The largest absolute Gasteiger partial charge is 0.484 e. The summed E-state index contributed by atoms with van der Waals surface area (Å²) in [7, 11) is 0. The molecular formula is C33H37N5O4. The fourth-order valence-electron chi connectivity index (χ4n) is 6.05. The molecule has 0 spiro atoms. The molecule has 1 saturated heterocycles. The Kier molecular flexibility index (Phi) is 8.19. The van der Waals surface area contributed by atoms with Gasteiger partial charge in [0.25, 0.3) is 11.5 Å². The van der Waals surface area contributed by atoms with E-state index >= 15 is 0 Å². The second-order valence-electron chi connectivity index (χ2n) is 11.1. The molecule has 0 radical (unpaired) electrons. The zero-order valence-electron chi connectivity index (χ0n) is 24.3. The summed E-state index contributed by atoms with van der Waals surface area (Å²) in [5, 5.41) is 5.32. The van der Waals surface area contributed by atoms with Gasteiger partial charge >= 0.3 is 0 Å². The van der Waals surface area contributed by atoms with Crippen LogP contribution >= 0.6 is 0 Å². The second kappa shape index (κ2) is 12.3. The number of aryl methyl sites for hydroxylation is 1. The van der Waals surface area contributed by atoms with Gasteiger partial charge in [-0.05, 0) is 69.2 Å². The van der Waals surface area contributed by atoms with E-state index in [0.29, 0.717) is 37.4 Å². The standard InChI is InChI=1S/C33H37N5O4/c1-23-20-26(21-34-38-32(25-8-4-3-5-9-25)35-30-11-7-6-10-29(30)33(38)40)24(2)37(23)27-12-14-28(15-13-27)42-22-31(39)36-16-18-41-19-17-36/h6-7,10-15,20-21,25H,3-5,8-9,16-19,22H2,1-2H3. The van der Waals surface area contributed by atoms with Crippen molar-refractivity contribution in [2.24, 2.45) is 5.10 Å². The van der Waals surface area contributed by atoms with E-state index in [0.717, 1.165) is 59.7 Å². The lowest BCUT2D eigenvalue weighted by Gasteiger charge is -2.26. The fraction of sp³-hybridized carbons (Fsp3) is 0.394. The van der Waals surface area contributed by atoms with Crippen molar-refractivity contribution in [1.29, 1.82) is 0 Å². The van der Waals surface area contributed by atoms with Crippen molar-refractivity contribution in [3.63, 3.8) is 0 Å². The van der Waals surface area contributed by atoms with E-state index < -0.39 is 0 Å². The number of hydrogen-bond donors (Lipinski definition) is 0. The second-order valence-corrected chi connectivity index (χ2v) is 11.1. The number of para-hydroxylation sites is 1. The molecule has 6 rings (SSSR count). The first kappa shape index (κ1) is 27.9. The number of carbonyl (C=O) groups excluding carboxylic acids is 1. The zero-order valence-corrected chi connectivity index (χ0v) is 24.3. The van der Waals surface area contributed by atoms with Gasteiger partial charge < -0.3 is 18.9 Å². The number of fused-ring (bicyclic) bond motifs is 1. The maximum absolute atomic E-state index is 13.6. The number of carbonyl (C=O) groups is 1. The maximum atomic E-state index is 13.6. The van der Waals surface area contributed by atoms with Crippen LogP contribution in [-0.2, 0) is 9.53 Å². The molecule has 2 aromatic carbocycles. The van der Waals surface area contributed by atoms with Gasteiger partial charge in [0.05, 0.1) is 30.3 Å². The highest BCUT2D eigenvalue weighted by Crippen LogP contribution is 2.32. The molecule has 0 bridgehead atoms. The first-order valence-electron chi connectivity index (χ1n) is 14.8. The molecule has 1 amide bonds. The van der Waals surface area contributed by atoms with Gasteiger partial charge in [-0.2, -0.15) is 9.78 Å². The third-order valence-corrected chi connectivity index (χ3v) is 8.35. The predicted octanol–water partition coefficient (Wildman–Crippen LogP) is 4.97.